The standard InChI is InChI=1S/C5H8.6CH3.2Sn/c1-4-5(2)3;;;;;;;;/h1,4H,2-3H3;6*1H3;;. The molecule has 0 radical (unpaired) electrons. The van der Waals surface area contributed by atoms with Gasteiger partial charge >= 0.3 is 93.8 Å². The van der Waals surface area contributed by atoms with E-state index in [9.17, 15) is 0 Å². The molecule has 0 atom stereocenters. The Morgan fingerprint density at radius 3 is 1.23 bits per heavy atom. The molecule has 0 saturated heterocycles. The summed E-state index contributed by atoms with van der Waals surface area (Å²) >= 11 is -3.39. The summed E-state index contributed by atoms with van der Waals surface area (Å²) in [4.78, 5) is 15.5. The summed E-state index contributed by atoms with van der Waals surface area (Å²) in [5.74, 6) is 0. The second-order valence-electron chi connectivity index (χ2n) is 6.45. The van der Waals surface area contributed by atoms with Crippen LogP contribution in [0.1, 0.15) is 13.8 Å². The molecule has 78 valence electrons. The zero-order valence-electron chi connectivity index (χ0n) is 10.7. The van der Waals surface area contributed by atoms with Crippen LogP contribution in [0, 0.1) is 0 Å². The molecular weight excluding hydrogens is 370 g/mol. The van der Waals surface area contributed by atoms with Crippen LogP contribution in [0.25, 0.3) is 0 Å². The number of hydrogen-bond donors (Lipinski definition) is 0. The van der Waals surface area contributed by atoms with Crippen LogP contribution in [0.4, 0.5) is 0 Å². The molecule has 0 nitrogen and oxygen atoms in total. The molecule has 0 fully saturated rings. The van der Waals surface area contributed by atoms with Gasteiger partial charge in [0.05, 0.1) is 0 Å². The van der Waals surface area contributed by atoms with Crippen molar-refractivity contribution in [1.29, 1.82) is 0 Å². The second kappa shape index (κ2) is 4.91. The van der Waals surface area contributed by atoms with Gasteiger partial charge in [0.1, 0.15) is 0 Å². The Balaban J connectivity index is 4.90. The molecule has 0 aromatic carbocycles. The first kappa shape index (κ1) is 14.3. The van der Waals surface area contributed by atoms with Crippen molar-refractivity contribution in [3.63, 3.8) is 0 Å². The van der Waals surface area contributed by atoms with E-state index >= 15 is 0 Å². The van der Waals surface area contributed by atoms with Crippen LogP contribution in [-0.2, 0) is 0 Å². The molecular formula is C11H26Sn2. The molecule has 0 rings (SSSR count). The Morgan fingerprint density at radius 2 is 1.15 bits per heavy atom. The first-order chi connectivity index (χ1) is 5.55. The second-order valence-corrected chi connectivity index (χ2v) is 41.7. The first-order valence-electron chi connectivity index (χ1n) is 5.20. The van der Waals surface area contributed by atoms with Crippen LogP contribution in [0.15, 0.2) is 11.6 Å². The van der Waals surface area contributed by atoms with Gasteiger partial charge in [-0.3, -0.25) is 0 Å². The molecule has 0 amide bonds. The normalized spacial score (nSPS) is 13.3. The molecule has 0 saturated carbocycles. The van der Waals surface area contributed by atoms with Gasteiger partial charge in [-0.2, -0.15) is 0 Å². The van der Waals surface area contributed by atoms with Crippen molar-refractivity contribution < 1.29 is 0 Å². The van der Waals surface area contributed by atoms with Crippen molar-refractivity contribution >= 4 is 36.8 Å². The van der Waals surface area contributed by atoms with Crippen LogP contribution in [0.2, 0.25) is 31.6 Å². The molecule has 0 bridgehead atoms. The van der Waals surface area contributed by atoms with Crippen LogP contribution >= 0.6 is 0 Å². The summed E-state index contributed by atoms with van der Waals surface area (Å²) in [6, 6.07) is 0. The Labute approximate surface area is 92.9 Å². The maximum atomic E-state index is 2.60. The summed E-state index contributed by atoms with van der Waals surface area (Å²) in [6.45, 7) is 4.50. The van der Waals surface area contributed by atoms with Gasteiger partial charge < -0.3 is 0 Å². The van der Waals surface area contributed by atoms with E-state index in [1.54, 1.807) is 0 Å². The maximum absolute atomic E-state index is 2.60. The van der Waals surface area contributed by atoms with Gasteiger partial charge in [-0.05, 0) is 0 Å². The molecule has 0 aliphatic carbocycles. The van der Waals surface area contributed by atoms with E-state index in [-0.39, 0.29) is 0 Å². The van der Waals surface area contributed by atoms with E-state index in [4.69, 9.17) is 0 Å². The zero-order chi connectivity index (χ0) is 10.9. The topological polar surface area (TPSA) is 0 Å². The fourth-order valence-corrected chi connectivity index (χ4v) is 64.0. The third-order valence-corrected chi connectivity index (χ3v) is 47.1. The summed E-state index contributed by atoms with van der Waals surface area (Å²) in [7, 11) is 0. The zero-order valence-corrected chi connectivity index (χ0v) is 16.4. The molecule has 0 unspecified atom stereocenters. The fourth-order valence-electron chi connectivity index (χ4n) is 2.13. The van der Waals surface area contributed by atoms with Crippen molar-refractivity contribution in [2.75, 3.05) is 0 Å². The third kappa shape index (κ3) is 5.70. The van der Waals surface area contributed by atoms with Crippen molar-refractivity contribution in [3.8, 4) is 0 Å². The number of allylic oxidation sites excluding steroid dienone is 2. The average Bonchev–Trinajstić information content (AvgIpc) is 1.77. The molecule has 0 aromatic heterocycles. The van der Waals surface area contributed by atoms with Crippen molar-refractivity contribution in [3.05, 3.63) is 11.6 Å². The summed E-state index contributed by atoms with van der Waals surface area (Å²) in [5.41, 5.74) is 1.53. The van der Waals surface area contributed by atoms with E-state index in [1.807, 2.05) is 0 Å². The molecule has 0 N–H and O–H groups in total. The quantitative estimate of drug-likeness (QED) is 0.486. The first-order valence-corrected chi connectivity index (χ1v) is 25.6. The molecule has 0 spiro atoms. The predicted octanol–water partition coefficient (Wildman–Crippen LogP) is 4.54. The fraction of sp³-hybridized carbons (Fsp3) is 0.818. The molecule has 13 heavy (non-hydrogen) atoms. The molecule has 0 aromatic rings. The van der Waals surface area contributed by atoms with E-state index in [0.717, 1.165) is 1.95 Å². The van der Waals surface area contributed by atoms with Crippen LogP contribution in [-0.4, -0.2) is 36.8 Å². The SMILES string of the molecule is CC(C)=C[CH]([Sn]([CH3])([CH3])[CH3])[Sn]([CH3])([CH3])[CH3]. The van der Waals surface area contributed by atoms with Gasteiger partial charge in [-0.1, -0.05) is 0 Å². The van der Waals surface area contributed by atoms with E-state index in [1.165, 1.54) is 5.57 Å². The van der Waals surface area contributed by atoms with E-state index in [2.05, 4.69) is 49.6 Å². The van der Waals surface area contributed by atoms with E-state index in [0.29, 0.717) is 0 Å². The Hall–Kier alpha value is 1.34. The summed E-state index contributed by atoms with van der Waals surface area (Å²) in [5, 5.41) is 0. The Morgan fingerprint density at radius 1 is 0.846 bits per heavy atom. The Kier molecular flexibility index (Phi) is 5.41. The predicted molar refractivity (Wildman–Crippen MR) is 69.9 cm³/mol. The van der Waals surface area contributed by atoms with E-state index < -0.39 is 36.8 Å². The van der Waals surface area contributed by atoms with Crippen molar-refractivity contribution in [2.24, 2.45) is 0 Å². The molecule has 0 aliphatic rings. The summed E-state index contributed by atoms with van der Waals surface area (Å²) in [6.07, 6.45) is 2.60. The minimum atomic E-state index is -1.69. The summed E-state index contributed by atoms with van der Waals surface area (Å²) < 4.78 is 1.06. The third-order valence-electron chi connectivity index (χ3n) is 2.37. The van der Waals surface area contributed by atoms with Crippen LogP contribution in [0.5, 0.6) is 0 Å². The minimum absolute atomic E-state index is 1.06. The Bertz CT molecular complexity index is 173. The number of hydrogen-bond acceptors (Lipinski definition) is 0. The molecule has 0 heterocycles. The monoisotopic (exact) mass is 398 g/mol. The van der Waals surface area contributed by atoms with Gasteiger partial charge in [0, 0.05) is 0 Å². The van der Waals surface area contributed by atoms with Crippen molar-refractivity contribution in [2.45, 2.75) is 45.4 Å². The average molecular weight is 396 g/mol. The molecule has 2 heteroatoms. The van der Waals surface area contributed by atoms with Gasteiger partial charge in [0.25, 0.3) is 0 Å². The van der Waals surface area contributed by atoms with Gasteiger partial charge in [-0.25, -0.2) is 0 Å². The van der Waals surface area contributed by atoms with Gasteiger partial charge in [-0.15, -0.1) is 0 Å². The van der Waals surface area contributed by atoms with Crippen LogP contribution in [0.3, 0.4) is 0 Å². The van der Waals surface area contributed by atoms with Crippen LogP contribution < -0.4 is 0 Å². The van der Waals surface area contributed by atoms with Gasteiger partial charge in [0.15, 0.2) is 0 Å². The number of rotatable bonds is 3. The molecule has 0 aliphatic heterocycles. The van der Waals surface area contributed by atoms with Gasteiger partial charge in [0.2, 0.25) is 0 Å². The van der Waals surface area contributed by atoms with Crippen molar-refractivity contribution in [1.82, 2.24) is 0 Å².